The van der Waals surface area contributed by atoms with E-state index in [9.17, 15) is 0 Å². The van der Waals surface area contributed by atoms with Gasteiger partial charge in [-0.3, -0.25) is 0 Å². The Balaban J connectivity index is 0.883. The highest BCUT2D eigenvalue weighted by atomic mass is 15.4. The Morgan fingerprint density at radius 1 is 0.370 bits per heavy atom. The zero-order chi connectivity index (χ0) is 30.5. The van der Waals surface area contributed by atoms with Crippen molar-refractivity contribution in [3.63, 3.8) is 0 Å². The Morgan fingerprint density at radius 3 is 1.04 bits per heavy atom. The summed E-state index contributed by atoms with van der Waals surface area (Å²) in [7, 11) is 0. The first-order valence-corrected chi connectivity index (χ1v) is 15.5. The third-order valence-electron chi connectivity index (χ3n) is 8.88. The Hall–Kier alpha value is -6.02. The molecule has 4 aromatic heterocycles. The zero-order valence-electron chi connectivity index (χ0n) is 25.1. The Labute approximate surface area is 264 Å². The molecule has 0 fully saturated rings. The zero-order valence-corrected chi connectivity index (χ0v) is 25.1. The average Bonchev–Trinajstić information content (AvgIpc) is 3.88. The van der Waals surface area contributed by atoms with Gasteiger partial charge in [0.1, 0.15) is 11.4 Å². The maximum absolute atomic E-state index is 4.51. The van der Waals surface area contributed by atoms with Crippen LogP contribution in [0.25, 0.3) is 43.6 Å². The molecule has 0 spiro atoms. The van der Waals surface area contributed by atoms with Gasteiger partial charge in [-0.1, -0.05) is 107 Å². The van der Waals surface area contributed by atoms with Crippen molar-refractivity contribution in [2.24, 2.45) is 0 Å². The number of hydrogen-bond donors (Lipinski definition) is 0. The van der Waals surface area contributed by atoms with Crippen LogP contribution in [0.5, 0.6) is 0 Å². The summed E-state index contributed by atoms with van der Waals surface area (Å²) in [5.41, 5.74) is 9.04. The molecule has 8 nitrogen and oxygen atoms in total. The largest absolute Gasteiger partial charge is 0.334 e. The molecule has 0 aliphatic rings. The lowest BCUT2D eigenvalue weighted by Gasteiger charge is -2.06. The lowest BCUT2D eigenvalue weighted by Crippen LogP contribution is -2.03. The third kappa shape index (κ3) is 4.62. The second kappa shape index (κ2) is 10.9. The highest BCUT2D eigenvalue weighted by Crippen LogP contribution is 2.30. The Bertz CT molecular complexity index is 2210. The molecule has 46 heavy (non-hydrogen) atoms. The summed E-state index contributed by atoms with van der Waals surface area (Å²) < 4.78 is 8.48. The van der Waals surface area contributed by atoms with Gasteiger partial charge >= 0.3 is 0 Å². The fourth-order valence-corrected chi connectivity index (χ4v) is 6.77. The number of nitrogens with zero attached hydrogens (tertiary/aromatic N) is 8. The second-order valence-electron chi connectivity index (χ2n) is 11.9. The quantitative estimate of drug-likeness (QED) is 0.184. The number of fused-ring (bicyclic) bond motifs is 6. The molecule has 8 heteroatoms. The van der Waals surface area contributed by atoms with E-state index < -0.39 is 0 Å². The van der Waals surface area contributed by atoms with Gasteiger partial charge in [-0.05, 0) is 35.4 Å². The predicted octanol–water partition coefficient (Wildman–Crippen LogP) is 7.28. The number of aromatic nitrogens is 8. The molecular formula is C38H30N8. The van der Waals surface area contributed by atoms with Crippen LogP contribution in [0, 0.1) is 0 Å². The van der Waals surface area contributed by atoms with Gasteiger partial charge in [0.15, 0.2) is 0 Å². The van der Waals surface area contributed by atoms with Gasteiger partial charge in [0.25, 0.3) is 0 Å². The Morgan fingerprint density at radius 2 is 0.696 bits per heavy atom. The number of hydrogen-bond acceptors (Lipinski definition) is 4. The van der Waals surface area contributed by atoms with Crippen LogP contribution < -0.4 is 0 Å². The maximum atomic E-state index is 4.51. The predicted molar refractivity (Wildman–Crippen MR) is 182 cm³/mol. The fraction of sp³-hybridized carbons (Fsp3) is 0.105. The van der Waals surface area contributed by atoms with Crippen LogP contribution in [0.4, 0.5) is 0 Å². The molecule has 9 rings (SSSR count). The van der Waals surface area contributed by atoms with Gasteiger partial charge in [0, 0.05) is 43.6 Å². The summed E-state index contributed by atoms with van der Waals surface area (Å²) in [6, 6.07) is 42.8. The summed E-state index contributed by atoms with van der Waals surface area (Å²) >= 11 is 0. The van der Waals surface area contributed by atoms with Crippen molar-refractivity contribution in [1.82, 2.24) is 39.1 Å². The molecule has 0 amide bonds. The Kier molecular flexibility index (Phi) is 6.23. The molecule has 5 aromatic carbocycles. The molecule has 9 aromatic rings. The number of benzene rings is 5. The van der Waals surface area contributed by atoms with Crippen LogP contribution in [-0.4, -0.2) is 39.1 Å². The minimum atomic E-state index is 0.659. The van der Waals surface area contributed by atoms with Crippen LogP contribution in [-0.2, 0) is 26.2 Å². The number of para-hydroxylation sites is 4. The van der Waals surface area contributed by atoms with Crippen molar-refractivity contribution >= 4 is 43.6 Å². The van der Waals surface area contributed by atoms with Crippen molar-refractivity contribution in [1.29, 1.82) is 0 Å². The van der Waals surface area contributed by atoms with Gasteiger partial charge in [-0.2, -0.15) is 0 Å². The minimum absolute atomic E-state index is 0.659. The molecule has 0 bridgehead atoms. The summed E-state index contributed by atoms with van der Waals surface area (Å²) in [6.45, 7) is 2.66. The van der Waals surface area contributed by atoms with E-state index in [1.54, 1.807) is 0 Å². The van der Waals surface area contributed by atoms with Crippen molar-refractivity contribution in [2.45, 2.75) is 26.2 Å². The molecule has 4 heterocycles. The topological polar surface area (TPSA) is 71.3 Å². The summed E-state index contributed by atoms with van der Waals surface area (Å²) in [5, 5.41) is 22.9. The highest BCUT2D eigenvalue weighted by molar-refractivity contribution is 6.08. The maximum Gasteiger partial charge on any atom is 0.102 e. The first kappa shape index (κ1) is 26.4. The molecule has 0 atom stereocenters. The summed E-state index contributed by atoms with van der Waals surface area (Å²) in [4.78, 5) is 0. The molecule has 0 aliphatic carbocycles. The molecule has 0 saturated heterocycles. The van der Waals surface area contributed by atoms with E-state index in [2.05, 4.69) is 151 Å². The SMILES string of the molecule is c1ccc2c(c1)c1ccccc1n2Cc1cn(Cc2ccc(Cn3cc(Cn4c5ccccc5c5ccccc54)nn3)cc2)nn1. The lowest BCUT2D eigenvalue weighted by molar-refractivity contribution is 0.642. The standard InChI is InChI=1S/C38H30N8/c1-5-13-35-31(9-1)32-10-2-6-14-36(32)45(35)25-29-23-43(41-39-29)21-27-17-19-28(20-18-27)22-44-24-30(40-42-44)26-46-37-15-7-3-11-33(37)34-12-4-8-16-38(34)46/h1-20,23-24H,21-22,25-26H2. The first-order chi connectivity index (χ1) is 22.8. The van der Waals surface area contributed by atoms with E-state index in [-0.39, 0.29) is 0 Å². The monoisotopic (exact) mass is 598 g/mol. The third-order valence-corrected chi connectivity index (χ3v) is 8.88. The molecule has 0 aliphatic heterocycles. The second-order valence-corrected chi connectivity index (χ2v) is 11.9. The average molecular weight is 599 g/mol. The smallest absolute Gasteiger partial charge is 0.102 e. The van der Waals surface area contributed by atoms with Crippen molar-refractivity contribution in [2.75, 3.05) is 0 Å². The van der Waals surface area contributed by atoms with Crippen molar-refractivity contribution in [3.05, 3.63) is 156 Å². The molecule has 222 valence electrons. The minimum Gasteiger partial charge on any atom is -0.334 e. The van der Waals surface area contributed by atoms with Gasteiger partial charge < -0.3 is 9.13 Å². The van der Waals surface area contributed by atoms with Gasteiger partial charge in [0.2, 0.25) is 0 Å². The van der Waals surface area contributed by atoms with E-state index in [0.717, 1.165) is 11.4 Å². The van der Waals surface area contributed by atoms with E-state index in [4.69, 9.17) is 0 Å². The lowest BCUT2D eigenvalue weighted by atomic mass is 10.1. The fourth-order valence-electron chi connectivity index (χ4n) is 6.77. The van der Waals surface area contributed by atoms with Crippen LogP contribution in [0.15, 0.2) is 134 Å². The normalized spacial score (nSPS) is 11.8. The molecular weight excluding hydrogens is 568 g/mol. The summed E-state index contributed by atoms with van der Waals surface area (Å²) in [5.74, 6) is 0. The first-order valence-electron chi connectivity index (χ1n) is 15.5. The van der Waals surface area contributed by atoms with Crippen molar-refractivity contribution in [3.8, 4) is 0 Å². The highest BCUT2D eigenvalue weighted by Gasteiger charge is 2.13. The van der Waals surface area contributed by atoms with E-state index in [1.165, 1.54) is 54.7 Å². The van der Waals surface area contributed by atoms with E-state index in [1.807, 2.05) is 21.8 Å². The van der Waals surface area contributed by atoms with Crippen molar-refractivity contribution < 1.29 is 0 Å². The number of rotatable bonds is 8. The van der Waals surface area contributed by atoms with Crippen LogP contribution in [0.3, 0.4) is 0 Å². The molecule has 0 N–H and O–H groups in total. The molecule has 0 unspecified atom stereocenters. The molecule has 0 saturated carbocycles. The van der Waals surface area contributed by atoms with E-state index in [0.29, 0.717) is 26.2 Å². The van der Waals surface area contributed by atoms with Gasteiger partial charge in [0.05, 0.1) is 38.6 Å². The molecule has 0 radical (unpaired) electrons. The van der Waals surface area contributed by atoms with Crippen LogP contribution >= 0.6 is 0 Å². The van der Waals surface area contributed by atoms with Crippen LogP contribution in [0.1, 0.15) is 22.5 Å². The van der Waals surface area contributed by atoms with E-state index >= 15 is 0 Å². The summed E-state index contributed by atoms with van der Waals surface area (Å²) in [6.07, 6.45) is 4.09. The van der Waals surface area contributed by atoms with Gasteiger partial charge in [-0.15, -0.1) is 10.2 Å². The van der Waals surface area contributed by atoms with Crippen LogP contribution in [0.2, 0.25) is 0 Å². The van der Waals surface area contributed by atoms with Gasteiger partial charge in [-0.25, -0.2) is 9.36 Å².